The molecule has 230 valence electrons. The molecular formula is C32H37N7O5. The van der Waals surface area contributed by atoms with Crippen molar-refractivity contribution in [2.45, 2.75) is 6.10 Å². The second kappa shape index (κ2) is 13.1. The third-order valence-corrected chi connectivity index (χ3v) is 7.34. The summed E-state index contributed by atoms with van der Waals surface area (Å²) in [6.45, 7) is 5.83. The summed E-state index contributed by atoms with van der Waals surface area (Å²) < 4.78 is 18.5. The average Bonchev–Trinajstić information content (AvgIpc) is 3.33. The predicted molar refractivity (Wildman–Crippen MR) is 171 cm³/mol. The minimum Gasteiger partial charge on any atom is -0.494 e. The Morgan fingerprint density at radius 1 is 1.16 bits per heavy atom. The summed E-state index contributed by atoms with van der Waals surface area (Å²) in [4.78, 5) is 39.0. The van der Waals surface area contributed by atoms with Crippen molar-refractivity contribution in [2.75, 3.05) is 70.1 Å². The minimum absolute atomic E-state index is 0.226. The van der Waals surface area contributed by atoms with Crippen LogP contribution in [-0.4, -0.2) is 92.0 Å². The van der Waals surface area contributed by atoms with Crippen LogP contribution in [0, 0.1) is 0 Å². The number of para-hydroxylation sites is 1. The Morgan fingerprint density at radius 3 is 2.61 bits per heavy atom. The average molecular weight is 600 g/mol. The number of hydrogen-bond acceptors (Lipinski definition) is 10. The number of ether oxygens (including phenoxy) is 3. The van der Waals surface area contributed by atoms with E-state index in [0.29, 0.717) is 42.6 Å². The van der Waals surface area contributed by atoms with Gasteiger partial charge in [0.05, 0.1) is 43.1 Å². The molecule has 2 aromatic heterocycles. The zero-order chi connectivity index (χ0) is 31.4. The number of carbonyl (C=O) groups is 2. The number of carbonyl (C=O) groups excluding carboxylic acids is 2. The van der Waals surface area contributed by atoms with Crippen molar-refractivity contribution in [1.29, 1.82) is 0 Å². The molecule has 2 N–H and O–H groups in total. The van der Waals surface area contributed by atoms with Crippen molar-refractivity contribution in [3.05, 3.63) is 67.0 Å². The molecule has 2 aromatic carbocycles. The summed E-state index contributed by atoms with van der Waals surface area (Å²) in [5.74, 6) is -0.135. The molecule has 5 rings (SSSR count). The molecule has 1 aliphatic heterocycles. The molecule has 3 heterocycles. The number of nitrogens with one attached hydrogen (secondary N) is 2. The number of anilines is 4. The van der Waals surface area contributed by atoms with E-state index in [1.807, 2.05) is 74.2 Å². The van der Waals surface area contributed by atoms with Crippen LogP contribution >= 0.6 is 0 Å². The molecule has 1 aliphatic rings. The lowest BCUT2D eigenvalue weighted by Gasteiger charge is -2.26. The highest BCUT2D eigenvalue weighted by molar-refractivity contribution is 6.04. The number of rotatable bonds is 12. The molecule has 0 radical (unpaired) electrons. The quantitative estimate of drug-likeness (QED) is 0.182. The van der Waals surface area contributed by atoms with E-state index in [1.165, 1.54) is 12.3 Å². The van der Waals surface area contributed by atoms with Crippen LogP contribution in [0.4, 0.5) is 23.0 Å². The van der Waals surface area contributed by atoms with E-state index >= 15 is 0 Å². The first-order valence-corrected chi connectivity index (χ1v) is 14.2. The molecule has 0 unspecified atom stereocenters. The van der Waals surface area contributed by atoms with Gasteiger partial charge in [0.2, 0.25) is 11.9 Å². The lowest BCUT2D eigenvalue weighted by molar-refractivity contribution is -0.111. The normalized spacial score (nSPS) is 13.0. The fourth-order valence-corrected chi connectivity index (χ4v) is 4.85. The molecule has 44 heavy (non-hydrogen) atoms. The topological polar surface area (TPSA) is 123 Å². The fraction of sp³-hybridized carbons (Fsp3) is 0.312. The van der Waals surface area contributed by atoms with Gasteiger partial charge in [0.1, 0.15) is 17.4 Å². The maximum Gasteiger partial charge on any atom is 0.342 e. The van der Waals surface area contributed by atoms with Crippen LogP contribution in [0.3, 0.4) is 0 Å². The molecule has 4 aromatic rings. The molecule has 12 heteroatoms. The first-order chi connectivity index (χ1) is 21.2. The van der Waals surface area contributed by atoms with Crippen LogP contribution in [0.2, 0.25) is 0 Å². The van der Waals surface area contributed by atoms with Gasteiger partial charge in [0.15, 0.2) is 0 Å². The van der Waals surface area contributed by atoms with Gasteiger partial charge in [-0.25, -0.2) is 14.8 Å². The van der Waals surface area contributed by atoms with Crippen LogP contribution in [0.25, 0.3) is 22.2 Å². The van der Waals surface area contributed by atoms with Crippen molar-refractivity contribution in [2.24, 2.45) is 7.05 Å². The van der Waals surface area contributed by atoms with E-state index in [4.69, 9.17) is 19.2 Å². The summed E-state index contributed by atoms with van der Waals surface area (Å²) in [6, 6.07) is 11.5. The van der Waals surface area contributed by atoms with Crippen LogP contribution in [-0.2, 0) is 21.3 Å². The highest BCUT2D eigenvalue weighted by Crippen LogP contribution is 2.39. The smallest absolute Gasteiger partial charge is 0.342 e. The molecule has 1 saturated heterocycles. The second-order valence-electron chi connectivity index (χ2n) is 10.8. The number of esters is 1. The first kappa shape index (κ1) is 30.5. The van der Waals surface area contributed by atoms with Crippen LogP contribution in [0.1, 0.15) is 10.4 Å². The largest absolute Gasteiger partial charge is 0.494 e. The number of nitrogens with zero attached hydrogens (tertiary/aromatic N) is 5. The van der Waals surface area contributed by atoms with E-state index in [-0.39, 0.29) is 23.5 Å². The van der Waals surface area contributed by atoms with E-state index in [0.717, 1.165) is 28.7 Å². The molecule has 0 bridgehead atoms. The van der Waals surface area contributed by atoms with Gasteiger partial charge < -0.3 is 39.2 Å². The Labute approximate surface area is 256 Å². The number of likely N-dealkylation sites (N-methyl/N-ethyl adjacent to an activating group) is 2. The van der Waals surface area contributed by atoms with Gasteiger partial charge in [-0.15, -0.1) is 0 Å². The summed E-state index contributed by atoms with van der Waals surface area (Å²) in [7, 11) is 9.46. The monoisotopic (exact) mass is 599 g/mol. The maximum absolute atomic E-state index is 13.3. The summed E-state index contributed by atoms with van der Waals surface area (Å²) >= 11 is 0. The Morgan fingerprint density at radius 2 is 1.93 bits per heavy atom. The molecule has 1 amide bonds. The molecule has 1 fully saturated rings. The van der Waals surface area contributed by atoms with Crippen molar-refractivity contribution >= 4 is 45.8 Å². The molecule has 0 atom stereocenters. The van der Waals surface area contributed by atoms with E-state index in [9.17, 15) is 9.59 Å². The molecular weight excluding hydrogens is 562 g/mol. The van der Waals surface area contributed by atoms with Gasteiger partial charge in [0, 0.05) is 62.1 Å². The first-order valence-electron chi connectivity index (χ1n) is 14.2. The highest BCUT2D eigenvalue weighted by Gasteiger charge is 2.27. The van der Waals surface area contributed by atoms with Crippen LogP contribution in [0.5, 0.6) is 5.75 Å². The lowest BCUT2D eigenvalue weighted by Crippen LogP contribution is -2.38. The zero-order valence-corrected chi connectivity index (χ0v) is 25.6. The van der Waals surface area contributed by atoms with Gasteiger partial charge in [-0.05, 0) is 32.3 Å². The number of fused-ring (bicyclic) bond motifs is 1. The van der Waals surface area contributed by atoms with Gasteiger partial charge in [-0.1, -0.05) is 24.8 Å². The molecule has 12 nitrogen and oxygen atoms in total. The summed E-state index contributed by atoms with van der Waals surface area (Å²) in [5.41, 5.74) is 4.24. The Bertz CT molecular complexity index is 1700. The predicted octanol–water partition coefficient (Wildman–Crippen LogP) is 4.07. The summed E-state index contributed by atoms with van der Waals surface area (Å²) in [6.07, 6.45) is 4.31. The van der Waals surface area contributed by atoms with Crippen molar-refractivity contribution in [3.8, 4) is 17.0 Å². The lowest BCUT2D eigenvalue weighted by atomic mass is 10.1. The summed E-state index contributed by atoms with van der Waals surface area (Å²) in [5, 5.41) is 7.06. The third-order valence-electron chi connectivity index (χ3n) is 7.34. The second-order valence-corrected chi connectivity index (χ2v) is 10.8. The third kappa shape index (κ3) is 6.51. The van der Waals surface area contributed by atoms with E-state index < -0.39 is 5.97 Å². The van der Waals surface area contributed by atoms with Crippen LogP contribution in [0.15, 0.2) is 61.4 Å². The van der Waals surface area contributed by atoms with Crippen molar-refractivity contribution < 1.29 is 23.8 Å². The van der Waals surface area contributed by atoms with Crippen LogP contribution < -0.4 is 20.3 Å². The Kier molecular flexibility index (Phi) is 9.12. The maximum atomic E-state index is 13.3. The van der Waals surface area contributed by atoms with E-state index in [1.54, 1.807) is 13.2 Å². The molecule has 0 spiro atoms. The number of benzene rings is 2. The number of aryl methyl sites for hydroxylation is 1. The highest BCUT2D eigenvalue weighted by atomic mass is 16.6. The number of amides is 1. The Balaban J connectivity index is 1.57. The Hall–Kier alpha value is -4.94. The van der Waals surface area contributed by atoms with Gasteiger partial charge in [-0.3, -0.25) is 4.79 Å². The van der Waals surface area contributed by atoms with Gasteiger partial charge >= 0.3 is 5.97 Å². The zero-order valence-electron chi connectivity index (χ0n) is 25.6. The molecule has 0 saturated carbocycles. The van der Waals surface area contributed by atoms with Crippen molar-refractivity contribution in [1.82, 2.24) is 19.4 Å². The molecule has 0 aliphatic carbocycles. The van der Waals surface area contributed by atoms with Crippen molar-refractivity contribution in [3.63, 3.8) is 0 Å². The SMILES string of the molecule is C=CC(=O)Nc1cc(Nc2ncc(C(=O)OC3COC3)c(-c3cn(C)c4ccccc34)n2)c(OC)cc1N(C)CCN(C)C. The number of aromatic nitrogens is 3. The number of hydrogen-bond donors (Lipinski definition) is 2. The standard InChI is InChI=1S/C32H37N7O5/c1-7-29(40)34-24-14-25(28(42-6)15-27(24)38(4)13-12-37(2)3)35-32-33-16-22(31(41)44-20-18-43-19-20)30(36-32)23-17-39(5)26-11-9-8-10-21(23)26/h7-11,14-17,20H,1,12-13,18-19H2,2-6H3,(H,34,40)(H,33,35,36). The van der Waals surface area contributed by atoms with E-state index in [2.05, 4.69) is 27.1 Å². The number of methoxy groups -OCH3 is 1. The minimum atomic E-state index is -0.523. The van der Waals surface area contributed by atoms with Gasteiger partial charge in [-0.2, -0.15) is 0 Å². The fourth-order valence-electron chi connectivity index (χ4n) is 4.85. The van der Waals surface area contributed by atoms with Gasteiger partial charge in [0.25, 0.3) is 0 Å².